The van der Waals surface area contributed by atoms with Gasteiger partial charge in [-0.05, 0) is 62.1 Å². The zero-order valence-corrected chi connectivity index (χ0v) is 28.7. The van der Waals surface area contributed by atoms with Crippen LogP contribution in [-0.4, -0.2) is 130 Å². The Balaban J connectivity index is 1.18. The summed E-state index contributed by atoms with van der Waals surface area (Å²) in [5.41, 5.74) is -4.42. The van der Waals surface area contributed by atoms with E-state index in [0.29, 0.717) is 49.0 Å². The maximum absolute atomic E-state index is 14.3. The number of halogens is 2. The Morgan fingerprint density at radius 1 is 0.958 bits per heavy atom. The first-order valence-electron chi connectivity index (χ1n) is 16.4. The average molecular weight is 710 g/mol. The Kier molecular flexibility index (Phi) is 10.4. The minimum absolute atomic E-state index is 0.0644. The third-order valence-corrected chi connectivity index (χ3v) is 12.2. The molecule has 0 radical (unpaired) electrons. The number of carbonyl (C=O) groups is 4. The van der Waals surface area contributed by atoms with E-state index in [0.717, 1.165) is 55.8 Å². The summed E-state index contributed by atoms with van der Waals surface area (Å²) in [6.07, 6.45) is 4.71. The largest absolute Gasteiger partial charge is 0.381 e. The molecule has 0 aliphatic carbocycles. The lowest BCUT2D eigenvalue weighted by molar-refractivity contribution is -0.148. The Labute approximate surface area is 282 Å². The number of benzene rings is 1. The molecule has 0 saturated carbocycles. The molecule has 4 aliphatic heterocycles. The molecule has 4 aliphatic rings. The van der Waals surface area contributed by atoms with Crippen LogP contribution in [0.2, 0.25) is 0 Å². The van der Waals surface area contributed by atoms with Gasteiger partial charge in [0.2, 0.25) is 26.1 Å². The standard InChI is InChI=1S/C32H42F2N5O7PS/c1-19(40)37-11-7-22-4-5-26(31(43)38-12-8-23(17-38)36-13-9-24(46-2)10-14-36)39(22)30(42)25(18-37)35-29(41)28-16-20-15-21(3-6-27(20)48-28)32(33,34)47(44)45/h3,6,15-16,22-26,44-45H,4-5,7-14,17-18H2,1-2H3,(H,35,41)/t22-,23?,25+,26+/m1/s1. The highest BCUT2D eigenvalue weighted by atomic mass is 32.1. The van der Waals surface area contributed by atoms with Gasteiger partial charge in [0.25, 0.3) is 5.91 Å². The van der Waals surface area contributed by atoms with Crippen LogP contribution in [0.5, 0.6) is 0 Å². The lowest BCUT2D eigenvalue weighted by Crippen LogP contribution is -2.61. The second kappa shape index (κ2) is 14.2. The van der Waals surface area contributed by atoms with Crippen LogP contribution in [0.15, 0.2) is 24.3 Å². The molecule has 48 heavy (non-hydrogen) atoms. The molecule has 3 N–H and O–H groups in total. The molecule has 5 heterocycles. The molecule has 4 fully saturated rings. The van der Waals surface area contributed by atoms with Gasteiger partial charge in [-0.25, -0.2) is 0 Å². The number of hydrogen-bond acceptors (Lipinski definition) is 9. The number of alkyl halides is 2. The summed E-state index contributed by atoms with van der Waals surface area (Å²) in [7, 11) is -1.81. The molecule has 4 amide bonds. The number of carbonyl (C=O) groups excluding carboxylic acids is 4. The smallest absolute Gasteiger partial charge is 0.339 e. The second-order valence-corrected chi connectivity index (χ2v) is 15.4. The van der Waals surface area contributed by atoms with E-state index >= 15 is 0 Å². The average Bonchev–Trinajstić information content (AvgIpc) is 3.83. The van der Waals surface area contributed by atoms with Crippen molar-refractivity contribution in [2.24, 2.45) is 0 Å². The lowest BCUT2D eigenvalue weighted by atomic mass is 10.1. The van der Waals surface area contributed by atoms with E-state index in [1.54, 1.807) is 12.0 Å². The number of likely N-dealkylation sites (tertiary alicyclic amines) is 2. The number of hydrogen-bond donors (Lipinski definition) is 3. The third kappa shape index (κ3) is 6.95. The number of fused-ring (bicyclic) bond motifs is 2. The van der Waals surface area contributed by atoms with E-state index < -0.39 is 43.5 Å². The first-order chi connectivity index (χ1) is 22.9. The van der Waals surface area contributed by atoms with Crippen molar-refractivity contribution in [3.63, 3.8) is 0 Å². The third-order valence-electron chi connectivity index (χ3n) is 10.4. The second-order valence-electron chi connectivity index (χ2n) is 13.2. The van der Waals surface area contributed by atoms with Crippen LogP contribution in [0.25, 0.3) is 10.1 Å². The van der Waals surface area contributed by atoms with Crippen molar-refractivity contribution in [2.45, 2.75) is 81.4 Å². The van der Waals surface area contributed by atoms with Crippen molar-refractivity contribution >= 4 is 53.4 Å². The predicted molar refractivity (Wildman–Crippen MR) is 175 cm³/mol. The van der Waals surface area contributed by atoms with E-state index in [9.17, 15) is 37.7 Å². The summed E-state index contributed by atoms with van der Waals surface area (Å²) < 4.78 is 34.6. The molecule has 1 aromatic heterocycles. The molecule has 4 saturated heterocycles. The summed E-state index contributed by atoms with van der Waals surface area (Å²) in [6.45, 7) is 4.80. The fourth-order valence-corrected chi connectivity index (χ4v) is 8.94. The van der Waals surface area contributed by atoms with Crippen molar-refractivity contribution in [1.82, 2.24) is 24.9 Å². The molecule has 2 aromatic rings. The van der Waals surface area contributed by atoms with E-state index in [2.05, 4.69) is 10.2 Å². The van der Waals surface area contributed by atoms with Crippen LogP contribution in [0.1, 0.15) is 60.7 Å². The van der Waals surface area contributed by atoms with Gasteiger partial charge in [0.15, 0.2) is 0 Å². The van der Waals surface area contributed by atoms with Gasteiger partial charge in [-0.1, -0.05) is 6.07 Å². The van der Waals surface area contributed by atoms with Gasteiger partial charge >= 0.3 is 5.66 Å². The van der Waals surface area contributed by atoms with Crippen LogP contribution in [-0.2, 0) is 24.8 Å². The summed E-state index contributed by atoms with van der Waals surface area (Å²) in [4.78, 5) is 80.3. The molecular formula is C32H42F2N5O7PS. The number of rotatable bonds is 7. The monoisotopic (exact) mass is 709 g/mol. The van der Waals surface area contributed by atoms with Gasteiger partial charge in [0.05, 0.1) is 11.0 Å². The van der Waals surface area contributed by atoms with Crippen molar-refractivity contribution in [2.75, 3.05) is 46.4 Å². The highest BCUT2D eigenvalue weighted by Crippen LogP contribution is 2.53. The summed E-state index contributed by atoms with van der Waals surface area (Å²) in [5, 5.41) is 3.09. The molecule has 0 bridgehead atoms. The topological polar surface area (TPSA) is 143 Å². The van der Waals surface area contributed by atoms with E-state index in [1.807, 2.05) is 4.90 Å². The predicted octanol–water partition coefficient (Wildman–Crippen LogP) is 2.67. The zero-order valence-electron chi connectivity index (χ0n) is 27.0. The fraction of sp³-hybridized carbons (Fsp3) is 0.625. The molecule has 1 unspecified atom stereocenters. The van der Waals surface area contributed by atoms with Crippen LogP contribution in [0, 0.1) is 0 Å². The summed E-state index contributed by atoms with van der Waals surface area (Å²) in [6, 6.07) is 3.22. The van der Waals surface area contributed by atoms with E-state index in [1.165, 1.54) is 24.0 Å². The molecule has 4 atom stereocenters. The maximum Gasteiger partial charge on any atom is 0.339 e. The van der Waals surface area contributed by atoms with Crippen molar-refractivity contribution in [3.8, 4) is 0 Å². The minimum Gasteiger partial charge on any atom is -0.381 e. The van der Waals surface area contributed by atoms with Gasteiger partial charge in [0.1, 0.15) is 12.1 Å². The molecule has 0 spiro atoms. The van der Waals surface area contributed by atoms with Gasteiger partial charge < -0.3 is 34.5 Å². The molecule has 1 aromatic carbocycles. The fourth-order valence-electron chi connectivity index (χ4n) is 7.62. The first kappa shape index (κ1) is 35.0. The molecule has 12 nitrogen and oxygen atoms in total. The van der Waals surface area contributed by atoms with Crippen LogP contribution in [0.3, 0.4) is 0 Å². The van der Waals surface area contributed by atoms with Gasteiger partial charge in [0, 0.05) is 75.6 Å². The quantitative estimate of drug-likeness (QED) is 0.373. The van der Waals surface area contributed by atoms with Crippen LogP contribution < -0.4 is 5.32 Å². The lowest BCUT2D eigenvalue weighted by Gasteiger charge is -2.39. The Morgan fingerprint density at radius 3 is 2.35 bits per heavy atom. The zero-order chi connectivity index (χ0) is 34.3. The van der Waals surface area contributed by atoms with Crippen LogP contribution >= 0.6 is 19.7 Å². The van der Waals surface area contributed by atoms with Crippen molar-refractivity contribution in [1.29, 1.82) is 0 Å². The highest BCUT2D eigenvalue weighted by molar-refractivity contribution is 7.46. The molecule has 262 valence electrons. The molecule has 16 heteroatoms. The molecular weight excluding hydrogens is 667 g/mol. The number of nitrogens with one attached hydrogen (secondary N) is 1. The molecule has 6 rings (SSSR count). The highest BCUT2D eigenvalue weighted by Gasteiger charge is 2.47. The van der Waals surface area contributed by atoms with Gasteiger partial charge in [-0.3, -0.25) is 24.1 Å². The van der Waals surface area contributed by atoms with E-state index in [-0.39, 0.29) is 41.4 Å². The Morgan fingerprint density at radius 2 is 1.67 bits per heavy atom. The number of piperidine rings is 1. The number of methoxy groups -OCH3 is 1. The van der Waals surface area contributed by atoms with Gasteiger partial charge in [-0.15, -0.1) is 11.3 Å². The number of nitrogens with zero attached hydrogens (tertiary/aromatic N) is 4. The number of ether oxygens (including phenoxy) is 1. The van der Waals surface area contributed by atoms with E-state index in [4.69, 9.17) is 4.74 Å². The first-order valence-corrected chi connectivity index (χ1v) is 18.5. The van der Waals surface area contributed by atoms with Gasteiger partial charge in [-0.2, -0.15) is 8.78 Å². The maximum atomic E-state index is 14.3. The Hall–Kier alpha value is -2.81. The van der Waals surface area contributed by atoms with Crippen molar-refractivity contribution in [3.05, 3.63) is 34.7 Å². The normalized spacial score (nSPS) is 26.2. The minimum atomic E-state index is -3.84. The van der Waals surface area contributed by atoms with Crippen LogP contribution in [0.4, 0.5) is 8.78 Å². The summed E-state index contributed by atoms with van der Waals surface area (Å²) in [5.74, 6) is -1.35. The summed E-state index contributed by atoms with van der Waals surface area (Å²) >= 11 is 1.04. The Bertz CT molecular complexity index is 1550. The number of thiophene rings is 1. The van der Waals surface area contributed by atoms with Crippen molar-refractivity contribution < 1.29 is 42.5 Å². The number of amides is 4. The SMILES string of the molecule is COC1CCN(C2CCN(C(=O)[C@@H]3CC[C@@H]4CCN(C(C)=O)C[C@H](NC(=O)c5cc6cc(C(F)(F)P(O)O)ccc6s5)C(=O)N43)C2)CC1.